The SMILES string of the molecule is N#Cc1ccc2nc(N)n(-c3ccccc3)c2c1. The average Bonchev–Trinajstić information content (AvgIpc) is 2.74. The van der Waals surface area contributed by atoms with Crippen molar-refractivity contribution in [3.8, 4) is 11.8 Å². The molecular weight excluding hydrogens is 224 g/mol. The van der Waals surface area contributed by atoms with Gasteiger partial charge in [0.05, 0.1) is 22.7 Å². The first-order chi connectivity index (χ1) is 8.79. The lowest BCUT2D eigenvalue weighted by Crippen LogP contribution is -2.00. The van der Waals surface area contributed by atoms with Gasteiger partial charge in [-0.15, -0.1) is 0 Å². The van der Waals surface area contributed by atoms with E-state index in [4.69, 9.17) is 11.0 Å². The molecule has 0 aliphatic rings. The summed E-state index contributed by atoms with van der Waals surface area (Å²) in [5, 5.41) is 8.95. The molecule has 0 atom stereocenters. The van der Waals surface area contributed by atoms with Crippen molar-refractivity contribution in [3.05, 3.63) is 54.1 Å². The van der Waals surface area contributed by atoms with E-state index in [2.05, 4.69) is 11.1 Å². The second-order valence-electron chi connectivity index (χ2n) is 3.96. The van der Waals surface area contributed by atoms with Crippen molar-refractivity contribution in [3.63, 3.8) is 0 Å². The molecule has 1 aromatic heterocycles. The van der Waals surface area contributed by atoms with Crippen LogP contribution in [0.5, 0.6) is 0 Å². The summed E-state index contributed by atoms with van der Waals surface area (Å²) in [6.07, 6.45) is 0. The monoisotopic (exact) mass is 234 g/mol. The van der Waals surface area contributed by atoms with Crippen LogP contribution in [0.15, 0.2) is 48.5 Å². The van der Waals surface area contributed by atoms with Crippen molar-refractivity contribution in [2.24, 2.45) is 0 Å². The molecule has 0 aliphatic heterocycles. The Balaban J connectivity index is 2.35. The maximum absolute atomic E-state index is 8.95. The van der Waals surface area contributed by atoms with Gasteiger partial charge in [0, 0.05) is 5.69 Å². The van der Waals surface area contributed by atoms with Gasteiger partial charge < -0.3 is 5.73 Å². The van der Waals surface area contributed by atoms with Crippen LogP contribution in [0.4, 0.5) is 5.95 Å². The highest BCUT2D eigenvalue weighted by molar-refractivity contribution is 5.82. The summed E-state index contributed by atoms with van der Waals surface area (Å²) in [6, 6.07) is 17.2. The number of hydrogen-bond acceptors (Lipinski definition) is 3. The Morgan fingerprint density at radius 1 is 1.11 bits per heavy atom. The standard InChI is InChI=1S/C14H10N4/c15-9-10-6-7-12-13(8-10)18(14(16)17-12)11-4-2-1-3-5-11/h1-8H,(H2,16,17). The highest BCUT2D eigenvalue weighted by atomic mass is 15.2. The van der Waals surface area contributed by atoms with E-state index in [1.807, 2.05) is 41.0 Å². The molecular formula is C14H10N4. The number of nitrogen functional groups attached to an aromatic ring is 1. The summed E-state index contributed by atoms with van der Waals surface area (Å²) in [7, 11) is 0. The molecule has 86 valence electrons. The molecule has 0 spiro atoms. The Bertz CT molecular complexity index is 751. The number of nitrogens with two attached hydrogens (primary N) is 1. The van der Waals surface area contributed by atoms with Crippen LogP contribution in [0.3, 0.4) is 0 Å². The summed E-state index contributed by atoms with van der Waals surface area (Å²) < 4.78 is 1.84. The topological polar surface area (TPSA) is 67.6 Å². The highest BCUT2D eigenvalue weighted by Gasteiger charge is 2.10. The Labute approximate surface area is 104 Å². The van der Waals surface area contributed by atoms with Crippen molar-refractivity contribution < 1.29 is 0 Å². The van der Waals surface area contributed by atoms with Crippen LogP contribution in [0.1, 0.15) is 5.56 Å². The zero-order valence-corrected chi connectivity index (χ0v) is 9.54. The van der Waals surface area contributed by atoms with E-state index in [1.165, 1.54) is 0 Å². The first-order valence-corrected chi connectivity index (χ1v) is 5.53. The Hall–Kier alpha value is -2.80. The number of rotatable bonds is 1. The van der Waals surface area contributed by atoms with Gasteiger partial charge in [-0.3, -0.25) is 4.57 Å². The highest BCUT2D eigenvalue weighted by Crippen LogP contribution is 2.23. The van der Waals surface area contributed by atoms with Gasteiger partial charge in [0.1, 0.15) is 0 Å². The van der Waals surface area contributed by atoms with E-state index >= 15 is 0 Å². The molecule has 4 heteroatoms. The van der Waals surface area contributed by atoms with E-state index in [-0.39, 0.29) is 0 Å². The van der Waals surface area contributed by atoms with Crippen LogP contribution in [0, 0.1) is 11.3 Å². The Morgan fingerprint density at radius 2 is 1.89 bits per heavy atom. The third-order valence-electron chi connectivity index (χ3n) is 2.82. The molecule has 0 saturated carbocycles. The fourth-order valence-electron chi connectivity index (χ4n) is 2.01. The molecule has 0 saturated heterocycles. The first kappa shape index (κ1) is 10.4. The second-order valence-corrected chi connectivity index (χ2v) is 3.96. The normalized spacial score (nSPS) is 10.4. The zero-order valence-electron chi connectivity index (χ0n) is 9.54. The number of imidazole rings is 1. The minimum absolute atomic E-state index is 0.422. The van der Waals surface area contributed by atoms with E-state index in [1.54, 1.807) is 12.1 Å². The lowest BCUT2D eigenvalue weighted by Gasteiger charge is -2.05. The van der Waals surface area contributed by atoms with Gasteiger partial charge in [-0.2, -0.15) is 5.26 Å². The van der Waals surface area contributed by atoms with Crippen molar-refractivity contribution in [2.45, 2.75) is 0 Å². The van der Waals surface area contributed by atoms with Gasteiger partial charge in [0.15, 0.2) is 0 Å². The summed E-state index contributed by atoms with van der Waals surface area (Å²) in [5.41, 5.74) is 9.11. The molecule has 1 heterocycles. The lowest BCUT2D eigenvalue weighted by atomic mass is 10.2. The van der Waals surface area contributed by atoms with Gasteiger partial charge in [0.2, 0.25) is 5.95 Å². The van der Waals surface area contributed by atoms with Crippen molar-refractivity contribution in [1.82, 2.24) is 9.55 Å². The quantitative estimate of drug-likeness (QED) is 0.703. The number of nitriles is 1. The van der Waals surface area contributed by atoms with Gasteiger partial charge in [-0.1, -0.05) is 18.2 Å². The summed E-state index contributed by atoms with van der Waals surface area (Å²) >= 11 is 0. The maximum Gasteiger partial charge on any atom is 0.205 e. The Kier molecular flexibility index (Phi) is 2.24. The van der Waals surface area contributed by atoms with Crippen molar-refractivity contribution in [1.29, 1.82) is 5.26 Å². The lowest BCUT2D eigenvalue weighted by molar-refractivity contribution is 1.11. The third kappa shape index (κ3) is 1.50. The maximum atomic E-state index is 8.95. The molecule has 4 nitrogen and oxygen atoms in total. The molecule has 2 N–H and O–H groups in total. The molecule has 0 radical (unpaired) electrons. The zero-order chi connectivity index (χ0) is 12.5. The summed E-state index contributed by atoms with van der Waals surface area (Å²) in [6.45, 7) is 0. The van der Waals surface area contributed by atoms with Crippen molar-refractivity contribution >= 4 is 17.0 Å². The van der Waals surface area contributed by atoms with Crippen LogP contribution in [-0.2, 0) is 0 Å². The predicted molar refractivity (Wildman–Crippen MR) is 70.2 cm³/mol. The molecule has 0 bridgehead atoms. The molecule has 18 heavy (non-hydrogen) atoms. The molecule has 2 aromatic carbocycles. The van der Waals surface area contributed by atoms with Gasteiger partial charge in [0.25, 0.3) is 0 Å². The number of nitrogens with zero attached hydrogens (tertiary/aromatic N) is 3. The van der Waals surface area contributed by atoms with Crippen molar-refractivity contribution in [2.75, 3.05) is 5.73 Å². The minimum atomic E-state index is 0.422. The van der Waals surface area contributed by atoms with Gasteiger partial charge in [-0.05, 0) is 30.3 Å². The number of aromatic nitrogens is 2. The van der Waals surface area contributed by atoms with E-state index < -0.39 is 0 Å². The van der Waals surface area contributed by atoms with Crippen LogP contribution >= 0.6 is 0 Å². The smallest absolute Gasteiger partial charge is 0.205 e. The molecule has 0 aliphatic carbocycles. The fraction of sp³-hybridized carbons (Fsp3) is 0. The van der Waals surface area contributed by atoms with Gasteiger partial charge >= 0.3 is 0 Å². The number of benzene rings is 2. The van der Waals surface area contributed by atoms with Crippen LogP contribution in [-0.4, -0.2) is 9.55 Å². The first-order valence-electron chi connectivity index (χ1n) is 5.53. The van der Waals surface area contributed by atoms with E-state index in [0.29, 0.717) is 11.5 Å². The molecule has 0 amide bonds. The van der Waals surface area contributed by atoms with Crippen LogP contribution in [0.2, 0.25) is 0 Å². The van der Waals surface area contributed by atoms with Crippen LogP contribution < -0.4 is 5.73 Å². The van der Waals surface area contributed by atoms with Crippen LogP contribution in [0.25, 0.3) is 16.7 Å². The molecule has 3 rings (SSSR count). The predicted octanol–water partition coefficient (Wildman–Crippen LogP) is 2.48. The molecule has 3 aromatic rings. The van der Waals surface area contributed by atoms with E-state index in [9.17, 15) is 0 Å². The molecule has 0 unspecified atom stereocenters. The summed E-state index contributed by atoms with van der Waals surface area (Å²) in [4.78, 5) is 4.30. The third-order valence-corrected chi connectivity index (χ3v) is 2.82. The summed E-state index contributed by atoms with van der Waals surface area (Å²) in [5.74, 6) is 0.422. The Morgan fingerprint density at radius 3 is 2.61 bits per heavy atom. The fourth-order valence-corrected chi connectivity index (χ4v) is 2.01. The van der Waals surface area contributed by atoms with E-state index in [0.717, 1.165) is 16.7 Å². The number of para-hydroxylation sites is 1. The second kappa shape index (κ2) is 3.90. The largest absolute Gasteiger partial charge is 0.369 e. The number of hydrogen-bond donors (Lipinski definition) is 1. The van der Waals surface area contributed by atoms with Gasteiger partial charge in [-0.25, -0.2) is 4.98 Å². The number of fused-ring (bicyclic) bond motifs is 1. The molecule has 0 fully saturated rings. The average molecular weight is 234 g/mol. The number of anilines is 1. The minimum Gasteiger partial charge on any atom is -0.369 e.